The molecular weight excluding hydrogens is 358 g/mol. The van der Waals surface area contributed by atoms with E-state index in [2.05, 4.69) is 0 Å². The third-order valence-corrected chi connectivity index (χ3v) is 4.99. The van der Waals surface area contributed by atoms with Crippen molar-refractivity contribution in [2.45, 2.75) is 31.7 Å². The van der Waals surface area contributed by atoms with Gasteiger partial charge in [-0.25, -0.2) is 0 Å². The van der Waals surface area contributed by atoms with E-state index in [0.29, 0.717) is 32.8 Å². The van der Waals surface area contributed by atoms with E-state index in [0.717, 1.165) is 16.2 Å². The molecule has 0 radical (unpaired) electrons. The van der Waals surface area contributed by atoms with Gasteiger partial charge in [0, 0.05) is 5.92 Å². The number of methoxy groups -OCH3 is 1. The Bertz CT molecular complexity index is 724. The van der Waals surface area contributed by atoms with Gasteiger partial charge < -0.3 is 19.4 Å². The van der Waals surface area contributed by atoms with Gasteiger partial charge in [-0.1, -0.05) is 60.7 Å². The zero-order valence-corrected chi connectivity index (χ0v) is 16.1. The van der Waals surface area contributed by atoms with Crippen LogP contribution in [0.1, 0.15) is 17.5 Å². The Morgan fingerprint density at radius 3 is 2.04 bits per heavy atom. The van der Waals surface area contributed by atoms with Gasteiger partial charge in [0.1, 0.15) is 6.04 Å². The summed E-state index contributed by atoms with van der Waals surface area (Å²) in [6.07, 6.45) is 0.597. The zero-order chi connectivity index (χ0) is 19.8. The summed E-state index contributed by atoms with van der Waals surface area (Å²) in [5.41, 5.74) is 2.14. The second-order valence-corrected chi connectivity index (χ2v) is 7.00. The van der Waals surface area contributed by atoms with E-state index in [-0.39, 0.29) is 12.0 Å². The standard InChI is InChI=1S/C22H27NO5/c1-26-22(24)21-19(15-27-13-17-8-4-2-5-9-17)12-20(23(21)25)16-28-14-18-10-6-3-7-11-18/h2-11,19-21,25H,12-16H2,1H3/t19-,20+,21+/m0/s1. The molecule has 0 amide bonds. The van der Waals surface area contributed by atoms with Gasteiger partial charge in [-0.15, -0.1) is 0 Å². The molecule has 2 aromatic rings. The minimum absolute atomic E-state index is 0.161. The summed E-state index contributed by atoms with van der Waals surface area (Å²) in [6.45, 7) is 1.62. The molecule has 3 rings (SSSR count). The summed E-state index contributed by atoms with van der Waals surface area (Å²) in [4.78, 5) is 12.2. The molecule has 0 unspecified atom stereocenters. The third kappa shape index (κ3) is 5.39. The van der Waals surface area contributed by atoms with Gasteiger partial charge in [-0.05, 0) is 17.5 Å². The summed E-state index contributed by atoms with van der Waals surface area (Å²) < 4.78 is 16.5. The lowest BCUT2D eigenvalue weighted by molar-refractivity contribution is -0.182. The van der Waals surface area contributed by atoms with Gasteiger partial charge in [0.05, 0.1) is 39.6 Å². The molecule has 1 aliphatic rings. The average molecular weight is 385 g/mol. The van der Waals surface area contributed by atoms with Gasteiger partial charge in [0.2, 0.25) is 0 Å². The Morgan fingerprint density at radius 1 is 0.964 bits per heavy atom. The Labute approximate surface area is 165 Å². The van der Waals surface area contributed by atoms with E-state index in [1.807, 2.05) is 60.7 Å². The van der Waals surface area contributed by atoms with Crippen molar-refractivity contribution < 1.29 is 24.2 Å². The molecule has 0 bridgehead atoms. The van der Waals surface area contributed by atoms with Crippen LogP contribution in [0.15, 0.2) is 60.7 Å². The van der Waals surface area contributed by atoms with E-state index in [4.69, 9.17) is 14.2 Å². The average Bonchev–Trinajstić information content (AvgIpc) is 3.04. The summed E-state index contributed by atoms with van der Waals surface area (Å²) >= 11 is 0. The SMILES string of the molecule is COC(=O)[C@H]1[C@H](COCc2ccccc2)C[C@H](COCc2ccccc2)N1O. The number of ether oxygens (including phenoxy) is 3. The molecule has 28 heavy (non-hydrogen) atoms. The molecule has 3 atom stereocenters. The van der Waals surface area contributed by atoms with Crippen LogP contribution in [0, 0.1) is 5.92 Å². The number of esters is 1. The highest BCUT2D eigenvalue weighted by Crippen LogP contribution is 2.30. The van der Waals surface area contributed by atoms with Gasteiger partial charge in [-0.2, -0.15) is 5.06 Å². The number of benzene rings is 2. The minimum atomic E-state index is -0.744. The molecule has 1 N–H and O–H groups in total. The van der Waals surface area contributed by atoms with E-state index >= 15 is 0 Å². The molecule has 2 aromatic carbocycles. The maximum Gasteiger partial charge on any atom is 0.325 e. The summed E-state index contributed by atoms with van der Waals surface area (Å²) in [5.74, 6) is -0.618. The first-order valence-corrected chi connectivity index (χ1v) is 9.47. The summed E-state index contributed by atoms with van der Waals surface area (Å²) in [5, 5.41) is 11.6. The number of hydrogen-bond donors (Lipinski definition) is 1. The fourth-order valence-corrected chi connectivity index (χ4v) is 3.54. The third-order valence-electron chi connectivity index (χ3n) is 4.99. The lowest BCUT2D eigenvalue weighted by atomic mass is 10.00. The largest absolute Gasteiger partial charge is 0.468 e. The first kappa shape index (κ1) is 20.5. The first-order valence-electron chi connectivity index (χ1n) is 9.47. The predicted molar refractivity (Wildman–Crippen MR) is 104 cm³/mol. The van der Waals surface area contributed by atoms with Crippen LogP contribution in [-0.2, 0) is 32.2 Å². The molecule has 150 valence electrons. The Hall–Kier alpha value is -2.25. The van der Waals surface area contributed by atoms with E-state index in [1.54, 1.807) is 0 Å². The van der Waals surface area contributed by atoms with Crippen LogP contribution in [0.4, 0.5) is 0 Å². The van der Waals surface area contributed by atoms with Crippen molar-refractivity contribution in [3.05, 3.63) is 71.8 Å². The van der Waals surface area contributed by atoms with Crippen LogP contribution < -0.4 is 0 Å². The highest BCUT2D eigenvalue weighted by molar-refractivity contribution is 5.76. The van der Waals surface area contributed by atoms with Crippen molar-refractivity contribution in [1.29, 1.82) is 0 Å². The van der Waals surface area contributed by atoms with Crippen molar-refractivity contribution in [3.8, 4) is 0 Å². The van der Waals surface area contributed by atoms with Crippen molar-refractivity contribution in [2.75, 3.05) is 20.3 Å². The van der Waals surface area contributed by atoms with Crippen LogP contribution in [0.25, 0.3) is 0 Å². The topological polar surface area (TPSA) is 68.2 Å². The van der Waals surface area contributed by atoms with Crippen molar-refractivity contribution in [2.24, 2.45) is 5.92 Å². The molecule has 0 saturated carbocycles. The number of carbonyl (C=O) groups is 1. The van der Waals surface area contributed by atoms with Gasteiger partial charge >= 0.3 is 5.97 Å². The molecule has 1 saturated heterocycles. The van der Waals surface area contributed by atoms with Crippen LogP contribution in [0.3, 0.4) is 0 Å². The lowest BCUT2D eigenvalue weighted by Gasteiger charge is -2.23. The molecule has 0 spiro atoms. The highest BCUT2D eigenvalue weighted by atomic mass is 16.6. The highest BCUT2D eigenvalue weighted by Gasteiger charge is 2.45. The molecule has 0 aromatic heterocycles. The first-order chi connectivity index (χ1) is 13.7. The quantitative estimate of drug-likeness (QED) is 0.669. The second kappa shape index (κ2) is 10.3. The molecule has 0 aliphatic carbocycles. The Kier molecular flexibility index (Phi) is 7.56. The number of rotatable bonds is 9. The fourth-order valence-electron chi connectivity index (χ4n) is 3.54. The lowest BCUT2D eigenvalue weighted by Crippen LogP contribution is -2.43. The van der Waals surface area contributed by atoms with Crippen LogP contribution in [0.5, 0.6) is 0 Å². The van der Waals surface area contributed by atoms with Crippen LogP contribution in [-0.4, -0.2) is 48.6 Å². The Balaban J connectivity index is 1.53. The molecule has 1 fully saturated rings. The number of hydrogen-bond acceptors (Lipinski definition) is 6. The van der Waals surface area contributed by atoms with Crippen molar-refractivity contribution >= 4 is 5.97 Å². The fraction of sp³-hybridized carbons (Fsp3) is 0.409. The number of carbonyl (C=O) groups excluding carboxylic acids is 1. The summed E-state index contributed by atoms with van der Waals surface area (Å²) in [6, 6.07) is 18.7. The Morgan fingerprint density at radius 2 is 1.50 bits per heavy atom. The minimum Gasteiger partial charge on any atom is -0.468 e. The molecule has 6 heteroatoms. The van der Waals surface area contributed by atoms with Gasteiger partial charge in [0.25, 0.3) is 0 Å². The second-order valence-electron chi connectivity index (χ2n) is 7.00. The smallest absolute Gasteiger partial charge is 0.325 e. The monoisotopic (exact) mass is 385 g/mol. The van der Waals surface area contributed by atoms with E-state index < -0.39 is 12.0 Å². The maximum absolute atomic E-state index is 12.2. The van der Waals surface area contributed by atoms with Crippen molar-refractivity contribution in [3.63, 3.8) is 0 Å². The molecular formula is C22H27NO5. The molecule has 6 nitrogen and oxygen atoms in total. The van der Waals surface area contributed by atoms with E-state index in [1.165, 1.54) is 7.11 Å². The van der Waals surface area contributed by atoms with Gasteiger partial charge in [0.15, 0.2) is 0 Å². The molecule has 1 aliphatic heterocycles. The van der Waals surface area contributed by atoms with Crippen LogP contribution in [0.2, 0.25) is 0 Å². The number of nitrogens with zero attached hydrogens (tertiary/aromatic N) is 1. The molecule has 1 heterocycles. The predicted octanol–water partition coefficient (Wildman–Crippen LogP) is 3.04. The van der Waals surface area contributed by atoms with Crippen LogP contribution >= 0.6 is 0 Å². The van der Waals surface area contributed by atoms with E-state index in [9.17, 15) is 10.0 Å². The zero-order valence-electron chi connectivity index (χ0n) is 16.1. The van der Waals surface area contributed by atoms with Crippen molar-refractivity contribution in [1.82, 2.24) is 5.06 Å². The van der Waals surface area contributed by atoms with Gasteiger partial charge in [-0.3, -0.25) is 4.79 Å². The number of hydroxylamine groups is 2. The summed E-state index contributed by atoms with van der Waals surface area (Å²) in [7, 11) is 1.33. The maximum atomic E-state index is 12.2. The normalized spacial score (nSPS) is 22.3.